The molecule has 2 aliphatic rings. The third-order valence-electron chi connectivity index (χ3n) is 4.70. The maximum Gasteiger partial charge on any atom is 0.223 e. The highest BCUT2D eigenvalue weighted by molar-refractivity contribution is 5.79. The second-order valence-electron chi connectivity index (χ2n) is 6.04. The minimum Gasteiger partial charge on any atom is -0.368 e. The van der Waals surface area contributed by atoms with Crippen molar-refractivity contribution in [2.75, 3.05) is 18.4 Å². The van der Waals surface area contributed by atoms with Gasteiger partial charge in [0.05, 0.1) is 5.56 Å². The Labute approximate surface area is 124 Å². The van der Waals surface area contributed by atoms with Crippen molar-refractivity contribution in [1.82, 2.24) is 10.3 Å². The molecule has 2 saturated carbocycles. The van der Waals surface area contributed by atoms with Crippen molar-refractivity contribution >= 4 is 11.7 Å². The van der Waals surface area contributed by atoms with E-state index in [9.17, 15) is 4.79 Å². The SMILES string of the molecule is N#Cc1ccc(NCCNC(=O)[C@@H]2C[C@H]3CC[C@H]2C3)nc1. The number of nitrogens with one attached hydrogen (secondary N) is 2. The molecular formula is C16H20N4O. The van der Waals surface area contributed by atoms with E-state index >= 15 is 0 Å². The van der Waals surface area contributed by atoms with Gasteiger partial charge in [-0.05, 0) is 43.2 Å². The fourth-order valence-corrected chi connectivity index (χ4v) is 3.64. The van der Waals surface area contributed by atoms with Gasteiger partial charge in [-0.25, -0.2) is 4.98 Å². The largest absolute Gasteiger partial charge is 0.368 e. The minimum atomic E-state index is 0.219. The molecule has 0 saturated heterocycles. The van der Waals surface area contributed by atoms with Crippen LogP contribution in [-0.2, 0) is 4.79 Å². The van der Waals surface area contributed by atoms with Crippen LogP contribution in [-0.4, -0.2) is 24.0 Å². The van der Waals surface area contributed by atoms with E-state index in [0.717, 1.165) is 18.2 Å². The lowest BCUT2D eigenvalue weighted by Crippen LogP contribution is -2.36. The van der Waals surface area contributed by atoms with Gasteiger partial charge >= 0.3 is 0 Å². The monoisotopic (exact) mass is 284 g/mol. The molecule has 1 amide bonds. The Morgan fingerprint density at radius 2 is 2.24 bits per heavy atom. The number of amides is 1. The number of nitrogens with zero attached hydrogens (tertiary/aromatic N) is 2. The number of rotatable bonds is 5. The molecule has 5 nitrogen and oxygen atoms in total. The lowest BCUT2D eigenvalue weighted by molar-refractivity contribution is -0.126. The zero-order chi connectivity index (χ0) is 14.7. The quantitative estimate of drug-likeness (QED) is 0.810. The van der Waals surface area contributed by atoms with Gasteiger partial charge in [-0.3, -0.25) is 4.79 Å². The van der Waals surface area contributed by atoms with Crippen LogP contribution in [0.2, 0.25) is 0 Å². The van der Waals surface area contributed by atoms with Crippen molar-refractivity contribution in [3.8, 4) is 6.07 Å². The standard InChI is InChI=1S/C16H20N4O/c17-9-12-2-4-15(20-10-12)18-5-6-19-16(21)14-8-11-1-3-13(14)7-11/h2,4,10-11,13-14H,1,3,5-8H2,(H,18,20)(H,19,21)/t11-,13-,14+/m0/s1. The van der Waals surface area contributed by atoms with Crippen LogP contribution in [0.25, 0.3) is 0 Å². The lowest BCUT2D eigenvalue weighted by Gasteiger charge is -2.20. The summed E-state index contributed by atoms with van der Waals surface area (Å²) in [4.78, 5) is 16.3. The van der Waals surface area contributed by atoms with E-state index in [1.54, 1.807) is 12.1 Å². The summed E-state index contributed by atoms with van der Waals surface area (Å²) in [6.07, 6.45) is 6.43. The highest BCUT2D eigenvalue weighted by atomic mass is 16.1. The van der Waals surface area contributed by atoms with E-state index in [1.165, 1.54) is 25.5 Å². The average Bonchev–Trinajstić information content (AvgIpc) is 3.15. The highest BCUT2D eigenvalue weighted by Crippen LogP contribution is 2.48. The van der Waals surface area contributed by atoms with E-state index < -0.39 is 0 Å². The predicted molar refractivity (Wildman–Crippen MR) is 79.4 cm³/mol. The zero-order valence-electron chi connectivity index (χ0n) is 12.0. The van der Waals surface area contributed by atoms with Crippen molar-refractivity contribution in [2.24, 2.45) is 17.8 Å². The molecule has 0 spiro atoms. The summed E-state index contributed by atoms with van der Waals surface area (Å²) in [7, 11) is 0. The van der Waals surface area contributed by atoms with Gasteiger partial charge < -0.3 is 10.6 Å². The summed E-state index contributed by atoms with van der Waals surface area (Å²) in [5.74, 6) is 2.62. The molecule has 2 N–H and O–H groups in total. The fourth-order valence-electron chi connectivity index (χ4n) is 3.64. The van der Waals surface area contributed by atoms with Gasteiger partial charge in [0.25, 0.3) is 0 Å². The number of fused-ring (bicyclic) bond motifs is 2. The Bertz CT molecular complexity index is 548. The lowest BCUT2D eigenvalue weighted by atomic mass is 9.88. The summed E-state index contributed by atoms with van der Waals surface area (Å²) in [6, 6.07) is 5.53. The molecule has 3 atom stereocenters. The van der Waals surface area contributed by atoms with Crippen LogP contribution < -0.4 is 10.6 Å². The molecule has 21 heavy (non-hydrogen) atoms. The third kappa shape index (κ3) is 3.15. The van der Waals surface area contributed by atoms with Gasteiger partial charge in [-0.2, -0.15) is 5.26 Å². The Morgan fingerprint density at radius 1 is 1.33 bits per heavy atom. The number of hydrogen-bond acceptors (Lipinski definition) is 4. The van der Waals surface area contributed by atoms with Crippen LogP contribution in [0.15, 0.2) is 18.3 Å². The topological polar surface area (TPSA) is 77.8 Å². The Hall–Kier alpha value is -2.09. The summed E-state index contributed by atoms with van der Waals surface area (Å²) in [5.41, 5.74) is 0.546. The van der Waals surface area contributed by atoms with E-state index in [-0.39, 0.29) is 11.8 Å². The second kappa shape index (κ2) is 6.13. The molecule has 2 fully saturated rings. The minimum absolute atomic E-state index is 0.219. The van der Waals surface area contributed by atoms with Crippen molar-refractivity contribution in [1.29, 1.82) is 5.26 Å². The number of nitriles is 1. The van der Waals surface area contributed by atoms with Gasteiger partial charge in [0.15, 0.2) is 0 Å². The summed E-state index contributed by atoms with van der Waals surface area (Å²) >= 11 is 0. The number of aromatic nitrogens is 1. The molecule has 2 aliphatic carbocycles. The number of carbonyl (C=O) groups excluding carboxylic acids is 1. The van der Waals surface area contributed by atoms with E-state index in [4.69, 9.17) is 5.26 Å². The first-order valence-corrected chi connectivity index (χ1v) is 7.64. The Balaban J connectivity index is 1.38. The first-order valence-electron chi connectivity index (χ1n) is 7.64. The van der Waals surface area contributed by atoms with Gasteiger partial charge in [0.2, 0.25) is 5.91 Å². The molecule has 0 aromatic carbocycles. The van der Waals surface area contributed by atoms with Crippen LogP contribution in [0.3, 0.4) is 0 Å². The van der Waals surface area contributed by atoms with Crippen LogP contribution in [0.5, 0.6) is 0 Å². The van der Waals surface area contributed by atoms with Crippen LogP contribution in [0.4, 0.5) is 5.82 Å². The van der Waals surface area contributed by atoms with Crippen molar-refractivity contribution in [3.05, 3.63) is 23.9 Å². The van der Waals surface area contributed by atoms with Crippen molar-refractivity contribution in [2.45, 2.75) is 25.7 Å². The molecule has 2 bridgehead atoms. The molecule has 0 unspecified atom stereocenters. The summed E-state index contributed by atoms with van der Waals surface area (Å²) in [5, 5.41) is 14.9. The summed E-state index contributed by atoms with van der Waals surface area (Å²) < 4.78 is 0. The van der Waals surface area contributed by atoms with Crippen LogP contribution >= 0.6 is 0 Å². The number of anilines is 1. The molecule has 5 heteroatoms. The normalized spacial score (nSPS) is 26.3. The molecule has 110 valence electrons. The first-order chi connectivity index (χ1) is 10.3. The maximum absolute atomic E-state index is 12.1. The van der Waals surface area contributed by atoms with E-state index in [0.29, 0.717) is 24.6 Å². The average molecular weight is 284 g/mol. The Morgan fingerprint density at radius 3 is 2.86 bits per heavy atom. The van der Waals surface area contributed by atoms with Gasteiger partial charge in [-0.1, -0.05) is 6.42 Å². The van der Waals surface area contributed by atoms with Crippen LogP contribution in [0, 0.1) is 29.1 Å². The molecule has 0 aliphatic heterocycles. The molecule has 3 rings (SSSR count). The molecular weight excluding hydrogens is 264 g/mol. The van der Waals surface area contributed by atoms with E-state index in [2.05, 4.69) is 15.6 Å². The second-order valence-corrected chi connectivity index (χ2v) is 6.04. The fraction of sp³-hybridized carbons (Fsp3) is 0.562. The van der Waals surface area contributed by atoms with Gasteiger partial charge in [0.1, 0.15) is 11.9 Å². The smallest absolute Gasteiger partial charge is 0.223 e. The van der Waals surface area contributed by atoms with Gasteiger partial charge in [0, 0.05) is 25.2 Å². The van der Waals surface area contributed by atoms with Crippen molar-refractivity contribution in [3.63, 3.8) is 0 Å². The van der Waals surface area contributed by atoms with E-state index in [1.807, 2.05) is 6.07 Å². The number of hydrogen-bond donors (Lipinski definition) is 2. The highest BCUT2D eigenvalue weighted by Gasteiger charge is 2.42. The molecule has 0 radical (unpaired) electrons. The zero-order valence-corrected chi connectivity index (χ0v) is 12.0. The maximum atomic E-state index is 12.1. The van der Waals surface area contributed by atoms with Crippen molar-refractivity contribution < 1.29 is 4.79 Å². The van der Waals surface area contributed by atoms with Gasteiger partial charge in [-0.15, -0.1) is 0 Å². The predicted octanol–water partition coefficient (Wildman–Crippen LogP) is 1.92. The first kappa shape index (κ1) is 13.9. The molecule has 1 aromatic heterocycles. The number of pyridine rings is 1. The molecule has 1 heterocycles. The molecule has 1 aromatic rings. The number of carbonyl (C=O) groups is 1. The Kier molecular flexibility index (Phi) is 4.05. The third-order valence-corrected chi connectivity index (χ3v) is 4.70. The summed E-state index contributed by atoms with van der Waals surface area (Å²) in [6.45, 7) is 1.25. The van der Waals surface area contributed by atoms with Crippen LogP contribution in [0.1, 0.15) is 31.2 Å².